The van der Waals surface area contributed by atoms with Gasteiger partial charge < -0.3 is 19.9 Å². The highest BCUT2D eigenvalue weighted by Crippen LogP contribution is 2.21. The summed E-state index contributed by atoms with van der Waals surface area (Å²) in [5.74, 6) is -0.819. The summed E-state index contributed by atoms with van der Waals surface area (Å²) in [7, 11) is 0. The van der Waals surface area contributed by atoms with Gasteiger partial charge in [0.15, 0.2) is 6.61 Å². The molecule has 1 atom stereocenters. The summed E-state index contributed by atoms with van der Waals surface area (Å²) in [5.41, 5.74) is 1.43. The van der Waals surface area contributed by atoms with Crippen molar-refractivity contribution in [1.82, 2.24) is 0 Å². The molecule has 110 valence electrons. The van der Waals surface area contributed by atoms with Crippen molar-refractivity contribution in [2.24, 2.45) is 0 Å². The number of anilines is 1. The maximum Gasteiger partial charge on any atom is 0.341 e. The highest BCUT2D eigenvalue weighted by Gasteiger charge is 2.13. The topological polar surface area (TPSA) is 84.9 Å². The van der Waals surface area contributed by atoms with Crippen LogP contribution in [0.5, 0.6) is 5.75 Å². The van der Waals surface area contributed by atoms with E-state index >= 15 is 0 Å². The molecule has 0 fully saturated rings. The lowest BCUT2D eigenvalue weighted by atomic mass is 10.2. The Morgan fingerprint density at radius 3 is 2.65 bits per heavy atom. The highest BCUT2D eigenvalue weighted by molar-refractivity contribution is 5.94. The Bertz CT molecular complexity index is 486. The van der Waals surface area contributed by atoms with Crippen LogP contribution in [0.25, 0.3) is 0 Å². The molecule has 1 aromatic carbocycles. The average molecular weight is 281 g/mol. The molecule has 0 saturated heterocycles. The van der Waals surface area contributed by atoms with Crippen LogP contribution in [0.2, 0.25) is 0 Å². The molecule has 1 aromatic rings. The van der Waals surface area contributed by atoms with Crippen LogP contribution in [0.1, 0.15) is 19.4 Å². The summed E-state index contributed by atoms with van der Waals surface area (Å²) in [6.45, 7) is 5.37. The first-order valence-electron chi connectivity index (χ1n) is 6.31. The number of hydrogen-bond donors (Lipinski definition) is 2. The molecule has 0 aliphatic heterocycles. The van der Waals surface area contributed by atoms with Crippen molar-refractivity contribution in [2.75, 3.05) is 18.5 Å². The minimum Gasteiger partial charge on any atom is -0.482 e. The number of nitrogens with one attached hydrogen (secondary N) is 1. The van der Waals surface area contributed by atoms with E-state index in [4.69, 9.17) is 14.6 Å². The average Bonchev–Trinajstić information content (AvgIpc) is 2.39. The molecular formula is C14H19NO5. The lowest BCUT2D eigenvalue weighted by molar-refractivity contribution is -0.139. The van der Waals surface area contributed by atoms with Gasteiger partial charge in [-0.25, -0.2) is 4.79 Å². The summed E-state index contributed by atoms with van der Waals surface area (Å²) in [5, 5.41) is 11.3. The van der Waals surface area contributed by atoms with Crippen molar-refractivity contribution in [2.45, 2.75) is 26.9 Å². The molecule has 0 heterocycles. The summed E-state index contributed by atoms with van der Waals surface area (Å²) in [6.07, 6.45) is -0.526. The fourth-order valence-corrected chi connectivity index (χ4v) is 1.57. The number of carboxylic acid groups (broad SMARTS) is 1. The molecular weight excluding hydrogens is 262 g/mol. The smallest absolute Gasteiger partial charge is 0.341 e. The molecule has 6 heteroatoms. The van der Waals surface area contributed by atoms with Crippen molar-refractivity contribution >= 4 is 17.6 Å². The maximum atomic E-state index is 11.8. The van der Waals surface area contributed by atoms with Crippen LogP contribution in [-0.4, -0.2) is 36.3 Å². The van der Waals surface area contributed by atoms with E-state index in [1.165, 1.54) is 0 Å². The van der Waals surface area contributed by atoms with Crippen molar-refractivity contribution in [3.05, 3.63) is 23.8 Å². The molecule has 0 radical (unpaired) electrons. The van der Waals surface area contributed by atoms with Gasteiger partial charge in [-0.2, -0.15) is 0 Å². The number of aliphatic carboxylic acids is 1. The monoisotopic (exact) mass is 281 g/mol. The third-order valence-electron chi connectivity index (χ3n) is 2.60. The van der Waals surface area contributed by atoms with Gasteiger partial charge in [0.2, 0.25) is 0 Å². The number of ether oxygens (including phenoxy) is 2. The van der Waals surface area contributed by atoms with Crippen molar-refractivity contribution in [3.8, 4) is 5.75 Å². The van der Waals surface area contributed by atoms with Gasteiger partial charge in [-0.3, -0.25) is 4.79 Å². The van der Waals surface area contributed by atoms with Gasteiger partial charge in [-0.15, -0.1) is 0 Å². The molecule has 0 bridgehead atoms. The van der Waals surface area contributed by atoms with Gasteiger partial charge in [-0.05, 0) is 44.5 Å². The van der Waals surface area contributed by atoms with E-state index in [9.17, 15) is 9.59 Å². The Morgan fingerprint density at radius 2 is 2.10 bits per heavy atom. The van der Waals surface area contributed by atoms with Gasteiger partial charge in [0, 0.05) is 12.3 Å². The van der Waals surface area contributed by atoms with Crippen molar-refractivity contribution in [1.29, 1.82) is 0 Å². The lowest BCUT2D eigenvalue weighted by Crippen LogP contribution is -2.27. The number of carboxylic acids is 1. The predicted molar refractivity (Wildman–Crippen MR) is 74.0 cm³/mol. The molecule has 1 amide bonds. The van der Waals surface area contributed by atoms with Gasteiger partial charge >= 0.3 is 5.97 Å². The summed E-state index contributed by atoms with van der Waals surface area (Å²) in [6, 6.07) is 4.95. The van der Waals surface area contributed by atoms with Gasteiger partial charge in [0.05, 0.1) is 0 Å². The number of benzene rings is 1. The number of aryl methyl sites for hydroxylation is 1. The molecule has 1 rings (SSSR count). The van der Waals surface area contributed by atoms with Gasteiger partial charge in [0.1, 0.15) is 11.9 Å². The molecule has 1 unspecified atom stereocenters. The normalized spacial score (nSPS) is 11.8. The first-order chi connectivity index (χ1) is 9.43. The van der Waals surface area contributed by atoms with E-state index in [-0.39, 0.29) is 5.91 Å². The van der Waals surface area contributed by atoms with Crippen LogP contribution in [0.15, 0.2) is 18.2 Å². The van der Waals surface area contributed by atoms with Crippen LogP contribution < -0.4 is 10.1 Å². The molecule has 2 N–H and O–H groups in total. The third-order valence-corrected chi connectivity index (χ3v) is 2.60. The molecule has 20 heavy (non-hydrogen) atoms. The van der Waals surface area contributed by atoms with Crippen LogP contribution in [0, 0.1) is 6.92 Å². The first kappa shape index (κ1) is 16.0. The minimum atomic E-state index is -1.04. The van der Waals surface area contributed by atoms with Crippen molar-refractivity contribution < 1.29 is 24.2 Å². The minimum absolute atomic E-state index is 0.228. The Kier molecular flexibility index (Phi) is 5.99. The van der Waals surface area contributed by atoms with Gasteiger partial charge in [0.25, 0.3) is 5.91 Å². The fraction of sp³-hybridized carbons (Fsp3) is 0.429. The molecule has 0 spiro atoms. The predicted octanol–water partition coefficient (Wildman–Crippen LogP) is 1.82. The van der Waals surface area contributed by atoms with Crippen LogP contribution in [-0.2, 0) is 14.3 Å². The standard InChI is InChI=1S/C14H19NO5/c1-4-19-10(3)14(18)15-12-6-5-11(7-9(12)2)20-8-13(16)17/h5-7,10H,4,8H2,1-3H3,(H,15,18)(H,16,17). The highest BCUT2D eigenvalue weighted by atomic mass is 16.5. The second-order valence-corrected chi connectivity index (χ2v) is 4.25. The number of rotatable bonds is 7. The molecule has 0 aromatic heterocycles. The van der Waals surface area contributed by atoms with Gasteiger partial charge in [-0.1, -0.05) is 0 Å². The van der Waals surface area contributed by atoms with Crippen LogP contribution in [0.3, 0.4) is 0 Å². The second kappa shape index (κ2) is 7.49. The third kappa shape index (κ3) is 4.89. The first-order valence-corrected chi connectivity index (χ1v) is 6.31. The number of amides is 1. The summed E-state index contributed by atoms with van der Waals surface area (Å²) < 4.78 is 10.3. The van der Waals surface area contributed by atoms with E-state index in [0.717, 1.165) is 5.56 Å². The molecule has 0 aliphatic rings. The SMILES string of the molecule is CCOC(C)C(=O)Nc1ccc(OCC(=O)O)cc1C. The number of hydrogen-bond acceptors (Lipinski definition) is 4. The molecule has 6 nitrogen and oxygen atoms in total. The Morgan fingerprint density at radius 1 is 1.40 bits per heavy atom. The largest absolute Gasteiger partial charge is 0.482 e. The molecule has 0 saturated carbocycles. The summed E-state index contributed by atoms with van der Waals surface area (Å²) in [4.78, 5) is 22.2. The zero-order valence-electron chi connectivity index (χ0n) is 11.8. The van der Waals surface area contributed by atoms with Crippen LogP contribution in [0.4, 0.5) is 5.69 Å². The number of carbonyl (C=O) groups excluding carboxylic acids is 1. The Balaban J connectivity index is 2.68. The Hall–Kier alpha value is -2.08. The quantitative estimate of drug-likeness (QED) is 0.796. The van der Waals surface area contributed by atoms with E-state index in [2.05, 4.69) is 5.32 Å². The van der Waals surface area contributed by atoms with E-state index < -0.39 is 18.7 Å². The zero-order chi connectivity index (χ0) is 15.1. The van der Waals surface area contributed by atoms with E-state index in [1.54, 1.807) is 32.0 Å². The van der Waals surface area contributed by atoms with Crippen LogP contribution >= 0.6 is 0 Å². The Labute approximate surface area is 117 Å². The maximum absolute atomic E-state index is 11.8. The molecule has 0 aliphatic carbocycles. The second-order valence-electron chi connectivity index (χ2n) is 4.25. The fourth-order valence-electron chi connectivity index (χ4n) is 1.57. The zero-order valence-corrected chi connectivity index (χ0v) is 11.8. The number of carbonyl (C=O) groups is 2. The van der Waals surface area contributed by atoms with E-state index in [0.29, 0.717) is 18.0 Å². The summed E-state index contributed by atoms with van der Waals surface area (Å²) >= 11 is 0. The van der Waals surface area contributed by atoms with E-state index in [1.807, 2.05) is 6.92 Å². The van der Waals surface area contributed by atoms with Crippen molar-refractivity contribution in [3.63, 3.8) is 0 Å². The lowest BCUT2D eigenvalue weighted by Gasteiger charge is -2.14.